The number of pyridine rings is 3. The smallest absolute Gasteiger partial charge is 0.133 e. The first kappa shape index (κ1) is 18.6. The molecule has 2 N–H and O–H groups in total. The number of aromatic nitrogens is 6. The highest BCUT2D eigenvalue weighted by atomic mass is 15.4. The van der Waals surface area contributed by atoms with Gasteiger partial charge in [0.2, 0.25) is 0 Å². The van der Waals surface area contributed by atoms with E-state index in [1.165, 1.54) is 19.4 Å². The van der Waals surface area contributed by atoms with Gasteiger partial charge in [-0.25, -0.2) is 14.6 Å². The van der Waals surface area contributed by atoms with Crippen molar-refractivity contribution < 1.29 is 0 Å². The van der Waals surface area contributed by atoms with Crippen molar-refractivity contribution in [2.45, 2.75) is 38.6 Å². The van der Waals surface area contributed by atoms with Crippen LogP contribution >= 0.6 is 0 Å². The second-order valence-corrected chi connectivity index (χ2v) is 8.99. The molecule has 8 nitrogen and oxygen atoms in total. The van der Waals surface area contributed by atoms with Crippen LogP contribution in [0.2, 0.25) is 0 Å². The SMILES string of the molecule is Cc1cc(-c2ccc3ncc4nnn(C5CCN(CC6CC6)CC5)c4c3n2)cnc1N. The Bertz CT molecular complexity index is 1270. The molecule has 1 saturated heterocycles. The van der Waals surface area contributed by atoms with Crippen LogP contribution in [-0.4, -0.2) is 54.5 Å². The molecule has 0 unspecified atom stereocenters. The average molecular weight is 415 g/mol. The summed E-state index contributed by atoms with van der Waals surface area (Å²) >= 11 is 0. The monoisotopic (exact) mass is 414 g/mol. The van der Waals surface area contributed by atoms with E-state index < -0.39 is 0 Å². The Morgan fingerprint density at radius 1 is 1.03 bits per heavy atom. The van der Waals surface area contributed by atoms with Gasteiger partial charge in [0.05, 0.1) is 23.4 Å². The van der Waals surface area contributed by atoms with Gasteiger partial charge < -0.3 is 10.6 Å². The standard InChI is InChI=1S/C23H26N8/c1-14-10-16(11-26-23(14)24)18-4-5-19-21(27-18)22-20(12-25-19)28-29-31(22)17-6-8-30(9-7-17)13-15-2-3-15/h4-5,10-12,15,17H,2-3,6-9,13H2,1H3,(H2,24,26). The third-order valence-corrected chi connectivity index (χ3v) is 6.68. The number of hydrogen-bond acceptors (Lipinski definition) is 7. The van der Waals surface area contributed by atoms with Crippen molar-refractivity contribution in [2.24, 2.45) is 5.92 Å². The van der Waals surface area contributed by atoms with Gasteiger partial charge in [-0.3, -0.25) is 4.98 Å². The van der Waals surface area contributed by atoms with Gasteiger partial charge in [0, 0.05) is 31.4 Å². The topological polar surface area (TPSA) is 98.6 Å². The van der Waals surface area contributed by atoms with E-state index >= 15 is 0 Å². The van der Waals surface area contributed by atoms with Crippen molar-refractivity contribution in [1.29, 1.82) is 0 Å². The molecule has 8 heteroatoms. The summed E-state index contributed by atoms with van der Waals surface area (Å²) in [6, 6.07) is 6.36. The number of hydrogen-bond donors (Lipinski definition) is 1. The molecule has 158 valence electrons. The molecule has 6 rings (SSSR count). The molecule has 1 aliphatic heterocycles. The van der Waals surface area contributed by atoms with Crippen LogP contribution in [0.4, 0.5) is 5.82 Å². The second kappa shape index (κ2) is 7.23. The Morgan fingerprint density at radius 3 is 2.65 bits per heavy atom. The van der Waals surface area contributed by atoms with Crippen LogP contribution in [0.15, 0.2) is 30.6 Å². The van der Waals surface area contributed by atoms with Crippen molar-refractivity contribution in [2.75, 3.05) is 25.4 Å². The summed E-state index contributed by atoms with van der Waals surface area (Å²) < 4.78 is 2.09. The lowest BCUT2D eigenvalue weighted by atomic mass is 10.0. The Hall–Kier alpha value is -3.13. The molecular formula is C23H26N8. The minimum Gasteiger partial charge on any atom is -0.383 e. The van der Waals surface area contributed by atoms with Crippen LogP contribution in [-0.2, 0) is 0 Å². The Morgan fingerprint density at radius 2 is 1.87 bits per heavy atom. The summed E-state index contributed by atoms with van der Waals surface area (Å²) in [5.41, 5.74) is 12.1. The van der Waals surface area contributed by atoms with E-state index in [1.807, 2.05) is 25.1 Å². The van der Waals surface area contributed by atoms with Gasteiger partial charge in [0.15, 0.2) is 0 Å². The van der Waals surface area contributed by atoms with Gasteiger partial charge in [0.1, 0.15) is 22.4 Å². The fraction of sp³-hybridized carbons (Fsp3) is 0.435. The van der Waals surface area contributed by atoms with Crippen LogP contribution in [0.25, 0.3) is 33.3 Å². The minimum atomic E-state index is 0.344. The fourth-order valence-corrected chi connectivity index (χ4v) is 4.64. The molecule has 1 saturated carbocycles. The maximum Gasteiger partial charge on any atom is 0.133 e. The summed E-state index contributed by atoms with van der Waals surface area (Å²) in [4.78, 5) is 16.5. The molecule has 0 spiro atoms. The lowest BCUT2D eigenvalue weighted by Gasteiger charge is -2.32. The van der Waals surface area contributed by atoms with Gasteiger partial charge >= 0.3 is 0 Å². The molecule has 2 fully saturated rings. The normalized spacial score (nSPS) is 18.2. The zero-order valence-corrected chi connectivity index (χ0v) is 17.7. The average Bonchev–Trinajstić information content (AvgIpc) is 3.50. The van der Waals surface area contributed by atoms with E-state index in [-0.39, 0.29) is 0 Å². The number of nitrogens with zero attached hydrogens (tertiary/aromatic N) is 7. The van der Waals surface area contributed by atoms with E-state index in [4.69, 9.17) is 10.7 Å². The van der Waals surface area contributed by atoms with Gasteiger partial charge in [-0.15, -0.1) is 5.10 Å². The highest BCUT2D eigenvalue weighted by molar-refractivity contribution is 5.99. The highest BCUT2D eigenvalue weighted by Gasteiger charge is 2.29. The summed E-state index contributed by atoms with van der Waals surface area (Å²) in [6.07, 6.45) is 8.58. The fourth-order valence-electron chi connectivity index (χ4n) is 4.64. The van der Waals surface area contributed by atoms with Gasteiger partial charge in [-0.05, 0) is 62.3 Å². The predicted molar refractivity (Wildman–Crippen MR) is 120 cm³/mol. The first-order valence-electron chi connectivity index (χ1n) is 11.1. The number of rotatable bonds is 4. The molecule has 0 amide bonds. The largest absolute Gasteiger partial charge is 0.383 e. The minimum absolute atomic E-state index is 0.344. The Labute approximate surface area is 180 Å². The molecule has 1 aliphatic carbocycles. The Balaban J connectivity index is 1.38. The van der Waals surface area contributed by atoms with E-state index in [2.05, 4.69) is 29.9 Å². The maximum absolute atomic E-state index is 5.90. The highest BCUT2D eigenvalue weighted by Crippen LogP contribution is 2.33. The van der Waals surface area contributed by atoms with Gasteiger partial charge in [0.25, 0.3) is 0 Å². The van der Waals surface area contributed by atoms with Gasteiger partial charge in [-0.1, -0.05) is 5.21 Å². The molecule has 2 aliphatic rings. The first-order chi connectivity index (χ1) is 15.2. The predicted octanol–water partition coefficient (Wildman–Crippen LogP) is 3.37. The molecule has 4 aromatic rings. The number of nitrogen functional groups attached to an aromatic ring is 1. The van der Waals surface area contributed by atoms with Crippen LogP contribution in [0.3, 0.4) is 0 Å². The molecule has 0 aromatic carbocycles. The molecule has 0 bridgehead atoms. The number of fused-ring (bicyclic) bond motifs is 3. The lowest BCUT2D eigenvalue weighted by Crippen LogP contribution is -2.36. The van der Waals surface area contributed by atoms with Gasteiger partial charge in [-0.2, -0.15) is 0 Å². The molecular weight excluding hydrogens is 388 g/mol. The quantitative estimate of drug-likeness (QED) is 0.546. The zero-order chi connectivity index (χ0) is 20.9. The molecule has 5 heterocycles. The number of aryl methyl sites for hydroxylation is 1. The van der Waals surface area contributed by atoms with Crippen molar-refractivity contribution >= 4 is 27.9 Å². The van der Waals surface area contributed by atoms with E-state index in [0.717, 1.165) is 70.7 Å². The van der Waals surface area contributed by atoms with Crippen molar-refractivity contribution in [3.8, 4) is 11.3 Å². The third-order valence-electron chi connectivity index (χ3n) is 6.68. The number of anilines is 1. The number of piperidine rings is 1. The first-order valence-corrected chi connectivity index (χ1v) is 11.1. The van der Waals surface area contributed by atoms with Crippen LogP contribution in [0.1, 0.15) is 37.3 Å². The van der Waals surface area contributed by atoms with Crippen LogP contribution in [0, 0.1) is 12.8 Å². The number of nitrogens with two attached hydrogens (primary N) is 1. The Kier molecular flexibility index (Phi) is 4.34. The zero-order valence-electron chi connectivity index (χ0n) is 17.7. The van der Waals surface area contributed by atoms with E-state index in [1.54, 1.807) is 12.4 Å². The molecule has 31 heavy (non-hydrogen) atoms. The molecule has 4 aromatic heterocycles. The summed E-state index contributed by atoms with van der Waals surface area (Å²) in [7, 11) is 0. The molecule has 0 radical (unpaired) electrons. The van der Waals surface area contributed by atoms with Crippen LogP contribution < -0.4 is 5.73 Å². The molecule has 0 atom stereocenters. The van der Waals surface area contributed by atoms with E-state index in [9.17, 15) is 0 Å². The number of likely N-dealkylation sites (tertiary alicyclic amines) is 1. The second-order valence-electron chi connectivity index (χ2n) is 8.99. The van der Waals surface area contributed by atoms with Crippen molar-refractivity contribution in [3.63, 3.8) is 0 Å². The summed E-state index contributed by atoms with van der Waals surface area (Å²) in [6.45, 7) is 5.47. The maximum atomic E-state index is 5.90. The van der Waals surface area contributed by atoms with E-state index in [0.29, 0.717) is 11.9 Å². The van der Waals surface area contributed by atoms with Crippen LogP contribution in [0.5, 0.6) is 0 Å². The van der Waals surface area contributed by atoms with Crippen molar-refractivity contribution in [1.82, 2.24) is 34.8 Å². The summed E-state index contributed by atoms with van der Waals surface area (Å²) in [5, 5.41) is 8.95. The van der Waals surface area contributed by atoms with Crippen molar-refractivity contribution in [3.05, 3.63) is 36.2 Å². The third kappa shape index (κ3) is 3.40. The summed E-state index contributed by atoms with van der Waals surface area (Å²) in [5.74, 6) is 1.48. The lowest BCUT2D eigenvalue weighted by molar-refractivity contribution is 0.175.